The molecule has 2 aromatic rings. The monoisotopic (exact) mass is 338 g/mol. The molecule has 0 atom stereocenters. The molecule has 0 aliphatic heterocycles. The second-order valence-corrected chi connectivity index (χ2v) is 5.39. The predicted molar refractivity (Wildman–Crippen MR) is 91.0 cm³/mol. The van der Waals surface area contributed by atoms with Gasteiger partial charge in [0.2, 0.25) is 5.88 Å². The molecule has 22 heavy (non-hydrogen) atoms. The molecule has 0 fully saturated rings. The summed E-state index contributed by atoms with van der Waals surface area (Å²) in [5.74, 6) is 0.647. The van der Waals surface area contributed by atoms with Crippen LogP contribution in [0.15, 0.2) is 41.5 Å². The number of rotatable bonds is 5. The van der Waals surface area contributed by atoms with Gasteiger partial charge < -0.3 is 15.8 Å². The van der Waals surface area contributed by atoms with E-state index in [9.17, 15) is 0 Å². The maximum absolute atomic E-state index is 5.95. The van der Waals surface area contributed by atoms with Crippen LogP contribution in [0.2, 0.25) is 10.0 Å². The third-order valence-electron chi connectivity index (χ3n) is 2.71. The van der Waals surface area contributed by atoms with Gasteiger partial charge in [-0.15, -0.1) is 0 Å². The van der Waals surface area contributed by atoms with Crippen LogP contribution in [0.25, 0.3) is 0 Å². The molecule has 0 saturated carbocycles. The van der Waals surface area contributed by atoms with E-state index in [1.54, 1.807) is 6.07 Å². The number of nitrogens with one attached hydrogen (secondary N) is 1. The van der Waals surface area contributed by atoms with Crippen molar-refractivity contribution in [2.45, 2.75) is 6.92 Å². The topological polar surface area (TPSA) is 72.5 Å². The summed E-state index contributed by atoms with van der Waals surface area (Å²) in [7, 11) is 0. The van der Waals surface area contributed by atoms with E-state index in [2.05, 4.69) is 15.3 Å². The Morgan fingerprint density at radius 2 is 2.05 bits per heavy atom. The van der Waals surface area contributed by atoms with E-state index in [-0.39, 0.29) is 0 Å². The quantitative estimate of drug-likeness (QED) is 0.497. The number of nitrogens with two attached hydrogens (primary N) is 1. The Morgan fingerprint density at radius 3 is 2.73 bits per heavy atom. The molecule has 0 bridgehead atoms. The van der Waals surface area contributed by atoms with Crippen LogP contribution in [-0.2, 0) is 0 Å². The zero-order chi connectivity index (χ0) is 15.9. The van der Waals surface area contributed by atoms with Gasteiger partial charge in [-0.05, 0) is 25.1 Å². The van der Waals surface area contributed by atoms with E-state index in [0.29, 0.717) is 35.0 Å². The number of guanidine groups is 1. The van der Waals surface area contributed by atoms with E-state index >= 15 is 0 Å². The fraction of sp³-hybridized carbons (Fsp3) is 0.200. The van der Waals surface area contributed by atoms with Gasteiger partial charge in [-0.1, -0.05) is 40.9 Å². The second-order valence-electron chi connectivity index (χ2n) is 4.55. The van der Waals surface area contributed by atoms with E-state index in [4.69, 9.17) is 33.7 Å². The smallest absolute Gasteiger partial charge is 0.232 e. The minimum absolute atomic E-state index is 0.310. The number of nitrogens with zero attached hydrogens (tertiary/aromatic N) is 2. The van der Waals surface area contributed by atoms with Gasteiger partial charge in [0.05, 0.1) is 11.6 Å². The summed E-state index contributed by atoms with van der Waals surface area (Å²) in [4.78, 5) is 8.15. The van der Waals surface area contributed by atoms with Gasteiger partial charge in [-0.25, -0.2) is 9.98 Å². The Hall–Kier alpha value is -1.98. The molecule has 1 aromatic carbocycles. The number of anilines is 1. The lowest BCUT2D eigenvalue weighted by molar-refractivity contribution is 0.316. The first-order chi connectivity index (χ1) is 10.5. The van der Waals surface area contributed by atoms with Crippen molar-refractivity contribution >= 4 is 34.8 Å². The van der Waals surface area contributed by atoms with Crippen LogP contribution >= 0.6 is 23.2 Å². The molecular formula is C15H16Cl2N4O. The molecule has 0 spiro atoms. The van der Waals surface area contributed by atoms with Gasteiger partial charge in [-0.2, -0.15) is 0 Å². The number of aliphatic imine (C=N–C) groups is 1. The van der Waals surface area contributed by atoms with Gasteiger partial charge in [0, 0.05) is 11.9 Å². The average Bonchev–Trinajstić information content (AvgIpc) is 2.48. The van der Waals surface area contributed by atoms with Crippen molar-refractivity contribution in [3.8, 4) is 5.88 Å². The molecular weight excluding hydrogens is 323 g/mol. The zero-order valence-corrected chi connectivity index (χ0v) is 13.5. The lowest BCUT2D eigenvalue weighted by atomic mass is 10.2. The number of aryl methyl sites for hydroxylation is 1. The fourth-order valence-electron chi connectivity index (χ4n) is 1.64. The van der Waals surface area contributed by atoms with Crippen LogP contribution in [-0.4, -0.2) is 24.1 Å². The van der Waals surface area contributed by atoms with Crippen molar-refractivity contribution in [1.29, 1.82) is 0 Å². The summed E-state index contributed by atoms with van der Waals surface area (Å²) in [6, 6.07) is 9.43. The third kappa shape index (κ3) is 5.09. The highest BCUT2D eigenvalue weighted by Crippen LogP contribution is 2.24. The SMILES string of the molecule is Cc1ccc(NC(N)=NCCOc2ncc(Cl)cc2Cl)cc1. The Balaban J connectivity index is 1.80. The first-order valence-corrected chi connectivity index (χ1v) is 7.37. The number of hydrogen-bond donors (Lipinski definition) is 2. The van der Waals surface area contributed by atoms with Crippen LogP contribution in [0, 0.1) is 6.92 Å². The summed E-state index contributed by atoms with van der Waals surface area (Å²) in [6.45, 7) is 2.71. The number of ether oxygens (including phenoxy) is 1. The average molecular weight is 339 g/mol. The minimum Gasteiger partial charge on any atom is -0.475 e. The van der Waals surface area contributed by atoms with Gasteiger partial charge >= 0.3 is 0 Å². The van der Waals surface area contributed by atoms with Crippen molar-refractivity contribution in [1.82, 2.24) is 4.98 Å². The summed E-state index contributed by atoms with van der Waals surface area (Å²) < 4.78 is 5.42. The Kier molecular flexibility index (Phi) is 5.86. The number of benzene rings is 1. The zero-order valence-electron chi connectivity index (χ0n) is 12.0. The summed E-state index contributed by atoms with van der Waals surface area (Å²) in [5.41, 5.74) is 7.86. The molecule has 0 amide bonds. The van der Waals surface area contributed by atoms with Crippen LogP contribution < -0.4 is 15.8 Å². The largest absolute Gasteiger partial charge is 0.475 e. The van der Waals surface area contributed by atoms with Gasteiger partial charge in [0.1, 0.15) is 11.6 Å². The number of halogens is 2. The first-order valence-electron chi connectivity index (χ1n) is 6.62. The fourth-order valence-corrected chi connectivity index (χ4v) is 2.08. The van der Waals surface area contributed by atoms with Crippen molar-refractivity contribution in [3.05, 3.63) is 52.1 Å². The molecule has 0 aliphatic carbocycles. The molecule has 2 rings (SSSR count). The van der Waals surface area contributed by atoms with E-state index in [1.165, 1.54) is 11.8 Å². The van der Waals surface area contributed by atoms with Crippen molar-refractivity contribution in [3.63, 3.8) is 0 Å². The van der Waals surface area contributed by atoms with Gasteiger partial charge in [-0.3, -0.25) is 0 Å². The number of aromatic nitrogens is 1. The number of pyridine rings is 1. The highest BCUT2D eigenvalue weighted by atomic mass is 35.5. The third-order valence-corrected chi connectivity index (χ3v) is 3.19. The molecule has 1 aromatic heterocycles. The highest BCUT2D eigenvalue weighted by Gasteiger charge is 2.03. The maximum Gasteiger partial charge on any atom is 0.232 e. The molecule has 7 heteroatoms. The van der Waals surface area contributed by atoms with E-state index in [1.807, 2.05) is 31.2 Å². The molecule has 116 valence electrons. The Morgan fingerprint density at radius 1 is 1.32 bits per heavy atom. The molecule has 5 nitrogen and oxygen atoms in total. The molecule has 0 saturated heterocycles. The lowest BCUT2D eigenvalue weighted by Crippen LogP contribution is -2.23. The molecule has 1 heterocycles. The van der Waals surface area contributed by atoms with Crippen LogP contribution in [0.4, 0.5) is 5.69 Å². The summed E-state index contributed by atoms with van der Waals surface area (Å²) in [5, 5.41) is 3.82. The van der Waals surface area contributed by atoms with Crippen molar-refractivity contribution in [2.24, 2.45) is 10.7 Å². The second kappa shape index (κ2) is 7.87. The molecule has 0 radical (unpaired) electrons. The van der Waals surface area contributed by atoms with Crippen LogP contribution in [0.3, 0.4) is 0 Å². The molecule has 3 N–H and O–H groups in total. The van der Waals surface area contributed by atoms with Crippen LogP contribution in [0.1, 0.15) is 5.56 Å². The number of hydrogen-bond acceptors (Lipinski definition) is 3. The van der Waals surface area contributed by atoms with Gasteiger partial charge in [0.25, 0.3) is 0 Å². The normalized spacial score (nSPS) is 11.3. The summed E-state index contributed by atoms with van der Waals surface area (Å²) >= 11 is 11.7. The molecule has 0 aliphatic rings. The van der Waals surface area contributed by atoms with E-state index < -0.39 is 0 Å². The standard InChI is InChI=1S/C15H16Cl2N4O/c1-10-2-4-12(5-3-10)21-15(18)19-6-7-22-14-13(17)8-11(16)9-20-14/h2-5,8-9H,6-7H2,1H3,(H3,18,19,21). The Labute approximate surface area is 139 Å². The Bertz CT molecular complexity index is 659. The molecule has 0 unspecified atom stereocenters. The van der Waals surface area contributed by atoms with Crippen molar-refractivity contribution in [2.75, 3.05) is 18.5 Å². The maximum atomic E-state index is 5.95. The van der Waals surface area contributed by atoms with Crippen molar-refractivity contribution < 1.29 is 4.74 Å². The van der Waals surface area contributed by atoms with Crippen LogP contribution in [0.5, 0.6) is 5.88 Å². The minimum atomic E-state index is 0.310. The van der Waals surface area contributed by atoms with E-state index in [0.717, 1.165) is 5.69 Å². The van der Waals surface area contributed by atoms with Gasteiger partial charge in [0.15, 0.2) is 5.96 Å². The predicted octanol–water partition coefficient (Wildman–Crippen LogP) is 3.50. The first kappa shape index (κ1) is 16.4. The summed E-state index contributed by atoms with van der Waals surface area (Å²) in [6.07, 6.45) is 1.47. The lowest BCUT2D eigenvalue weighted by Gasteiger charge is -2.07. The highest BCUT2D eigenvalue weighted by molar-refractivity contribution is 6.35.